The maximum absolute atomic E-state index is 11.4. The number of thioether (sulfide) groups is 1. The number of non-ortho nitro benzene ring substituents is 1. The van der Waals surface area contributed by atoms with Crippen molar-refractivity contribution in [2.45, 2.75) is 0 Å². The lowest BCUT2D eigenvalue weighted by Gasteiger charge is -2.05. The summed E-state index contributed by atoms with van der Waals surface area (Å²) in [5.74, 6) is 0.0842. The van der Waals surface area contributed by atoms with Crippen LogP contribution in [0.3, 0.4) is 0 Å². The van der Waals surface area contributed by atoms with Crippen LogP contribution >= 0.6 is 35.6 Å². The molecule has 1 saturated heterocycles. The number of rotatable bonds is 4. The zero-order valence-electron chi connectivity index (χ0n) is 10.4. The van der Waals surface area contributed by atoms with Gasteiger partial charge in [0.1, 0.15) is 0 Å². The standard InChI is InChI=1S/C12H8ClN3O3S2/c13-9(6-14-15-11(17)7-21-12(15)20)5-8-1-3-10(4-2-8)16(18)19/h1-6H,7H2/b9-5-,14-6-. The molecule has 1 fully saturated rings. The zero-order valence-corrected chi connectivity index (χ0v) is 12.8. The first kappa shape index (κ1) is 15.6. The molecule has 2 rings (SSSR count). The van der Waals surface area contributed by atoms with Crippen molar-refractivity contribution in [2.75, 3.05) is 5.75 Å². The second-order valence-electron chi connectivity index (χ2n) is 3.88. The lowest BCUT2D eigenvalue weighted by atomic mass is 10.2. The molecule has 0 bridgehead atoms. The third-order valence-corrected chi connectivity index (χ3v) is 3.98. The Balaban J connectivity index is 2.08. The highest BCUT2D eigenvalue weighted by molar-refractivity contribution is 8.23. The molecule has 0 N–H and O–H groups in total. The fourth-order valence-corrected chi connectivity index (χ4v) is 2.60. The molecule has 0 spiro atoms. The van der Waals surface area contributed by atoms with Gasteiger partial charge in [0.25, 0.3) is 11.6 Å². The van der Waals surface area contributed by atoms with Crippen LogP contribution in [0.4, 0.5) is 5.69 Å². The summed E-state index contributed by atoms with van der Waals surface area (Å²) in [7, 11) is 0. The van der Waals surface area contributed by atoms with E-state index in [9.17, 15) is 14.9 Å². The van der Waals surface area contributed by atoms with Crippen LogP contribution in [0.2, 0.25) is 0 Å². The van der Waals surface area contributed by atoms with E-state index < -0.39 is 4.92 Å². The number of nitro groups is 1. The van der Waals surface area contributed by atoms with Crippen LogP contribution in [0, 0.1) is 10.1 Å². The van der Waals surface area contributed by atoms with Gasteiger partial charge in [-0.25, -0.2) is 0 Å². The van der Waals surface area contributed by atoms with Gasteiger partial charge in [-0.2, -0.15) is 10.1 Å². The number of allylic oxidation sites excluding steroid dienone is 1. The number of benzene rings is 1. The first-order chi connectivity index (χ1) is 9.97. The minimum Gasteiger partial charge on any atom is -0.272 e. The molecule has 21 heavy (non-hydrogen) atoms. The number of thiocarbonyl (C=S) groups is 1. The minimum absolute atomic E-state index is 0.00183. The molecule has 0 unspecified atom stereocenters. The second-order valence-corrected chi connectivity index (χ2v) is 5.93. The highest BCUT2D eigenvalue weighted by Gasteiger charge is 2.25. The number of hydrogen-bond acceptors (Lipinski definition) is 6. The molecule has 9 heteroatoms. The molecule has 1 aromatic rings. The lowest BCUT2D eigenvalue weighted by Crippen LogP contribution is -2.22. The first-order valence-electron chi connectivity index (χ1n) is 5.63. The summed E-state index contributed by atoms with van der Waals surface area (Å²) in [5.41, 5.74) is 0.684. The number of halogens is 1. The van der Waals surface area contributed by atoms with Crippen molar-refractivity contribution in [3.05, 3.63) is 45.0 Å². The average Bonchev–Trinajstić information content (AvgIpc) is 2.76. The van der Waals surface area contributed by atoms with Crippen molar-refractivity contribution in [1.29, 1.82) is 0 Å². The van der Waals surface area contributed by atoms with Gasteiger partial charge in [0, 0.05) is 12.1 Å². The fourth-order valence-electron chi connectivity index (χ4n) is 1.46. The minimum atomic E-state index is -0.478. The number of carbonyl (C=O) groups excluding carboxylic acids is 1. The predicted molar refractivity (Wildman–Crippen MR) is 87.3 cm³/mol. The predicted octanol–water partition coefficient (Wildman–Crippen LogP) is 3.02. The van der Waals surface area contributed by atoms with Crippen LogP contribution < -0.4 is 0 Å². The Morgan fingerprint density at radius 3 is 2.67 bits per heavy atom. The van der Waals surface area contributed by atoms with Gasteiger partial charge in [0.15, 0.2) is 4.32 Å². The molecule has 1 aliphatic heterocycles. The summed E-state index contributed by atoms with van der Waals surface area (Å²) in [5, 5.41) is 15.8. The molecule has 0 saturated carbocycles. The number of carbonyl (C=O) groups is 1. The highest BCUT2D eigenvalue weighted by atomic mass is 35.5. The molecule has 6 nitrogen and oxygen atoms in total. The maximum atomic E-state index is 11.4. The molecule has 0 aromatic heterocycles. The van der Waals surface area contributed by atoms with Crippen LogP contribution in [0.5, 0.6) is 0 Å². The average molecular weight is 342 g/mol. The first-order valence-corrected chi connectivity index (χ1v) is 7.40. The lowest BCUT2D eigenvalue weighted by molar-refractivity contribution is -0.384. The van der Waals surface area contributed by atoms with E-state index in [0.29, 0.717) is 9.88 Å². The van der Waals surface area contributed by atoms with E-state index in [1.54, 1.807) is 18.2 Å². The van der Waals surface area contributed by atoms with Gasteiger partial charge in [-0.1, -0.05) is 35.6 Å². The third kappa shape index (κ3) is 4.10. The molecule has 1 heterocycles. The molecule has 0 atom stereocenters. The van der Waals surface area contributed by atoms with Gasteiger partial charge in [-0.15, -0.1) is 0 Å². The largest absolute Gasteiger partial charge is 0.272 e. The number of hydrazone groups is 1. The van der Waals surface area contributed by atoms with Gasteiger partial charge in [-0.3, -0.25) is 14.9 Å². The molecular formula is C12H8ClN3O3S2. The van der Waals surface area contributed by atoms with Crippen LogP contribution in [0.1, 0.15) is 5.56 Å². The van der Waals surface area contributed by atoms with E-state index in [2.05, 4.69) is 5.10 Å². The molecular weight excluding hydrogens is 334 g/mol. The van der Waals surface area contributed by atoms with E-state index in [4.69, 9.17) is 23.8 Å². The van der Waals surface area contributed by atoms with E-state index in [0.717, 1.165) is 5.01 Å². The van der Waals surface area contributed by atoms with Crippen LogP contribution in [0.25, 0.3) is 6.08 Å². The SMILES string of the molecule is O=C1CSC(=S)N1/N=C\C(Cl)=C\c1ccc([N+](=O)[O-])cc1. The van der Waals surface area contributed by atoms with E-state index >= 15 is 0 Å². The smallest absolute Gasteiger partial charge is 0.269 e. The molecule has 0 radical (unpaired) electrons. The van der Waals surface area contributed by atoms with Gasteiger partial charge >= 0.3 is 0 Å². The van der Waals surface area contributed by atoms with Crippen molar-refractivity contribution in [3.8, 4) is 0 Å². The van der Waals surface area contributed by atoms with Crippen LogP contribution in [-0.4, -0.2) is 32.1 Å². The van der Waals surface area contributed by atoms with Crippen LogP contribution in [0.15, 0.2) is 34.4 Å². The van der Waals surface area contributed by atoms with Gasteiger partial charge in [0.05, 0.1) is 21.9 Å². The molecule has 108 valence electrons. The Morgan fingerprint density at radius 1 is 1.48 bits per heavy atom. The summed E-state index contributed by atoms with van der Waals surface area (Å²) in [4.78, 5) is 21.5. The van der Waals surface area contributed by atoms with Crippen molar-refractivity contribution >= 4 is 63.8 Å². The summed E-state index contributed by atoms with van der Waals surface area (Å²) in [6, 6.07) is 5.89. The third-order valence-electron chi connectivity index (χ3n) is 2.43. The fraction of sp³-hybridized carbons (Fsp3) is 0.0833. The monoisotopic (exact) mass is 341 g/mol. The van der Waals surface area contributed by atoms with Crippen molar-refractivity contribution < 1.29 is 9.72 Å². The van der Waals surface area contributed by atoms with E-state index in [-0.39, 0.29) is 22.4 Å². The summed E-state index contributed by atoms with van der Waals surface area (Å²) in [6.45, 7) is 0. The zero-order chi connectivity index (χ0) is 15.4. The van der Waals surface area contributed by atoms with E-state index in [1.807, 2.05) is 0 Å². The number of amides is 1. The van der Waals surface area contributed by atoms with Crippen molar-refractivity contribution in [3.63, 3.8) is 0 Å². The summed E-state index contributed by atoms with van der Waals surface area (Å²) in [6.07, 6.45) is 2.88. The number of hydrogen-bond donors (Lipinski definition) is 0. The summed E-state index contributed by atoms with van der Waals surface area (Å²) < 4.78 is 0.385. The Bertz CT molecular complexity index is 642. The van der Waals surface area contributed by atoms with Gasteiger partial charge < -0.3 is 0 Å². The highest BCUT2D eigenvalue weighted by Crippen LogP contribution is 2.20. The number of nitro benzene ring substituents is 1. The van der Waals surface area contributed by atoms with E-state index in [1.165, 1.54) is 30.1 Å². The van der Waals surface area contributed by atoms with Crippen molar-refractivity contribution in [1.82, 2.24) is 5.01 Å². The Kier molecular flexibility index (Phi) is 5.05. The topological polar surface area (TPSA) is 75.8 Å². The Labute approximate surface area is 134 Å². The van der Waals surface area contributed by atoms with Gasteiger partial charge in [-0.05, 0) is 23.8 Å². The molecule has 0 aliphatic carbocycles. The quantitative estimate of drug-likeness (QED) is 0.364. The summed E-state index contributed by atoms with van der Waals surface area (Å²) >= 11 is 12.2. The normalized spacial score (nSPS) is 16.0. The maximum Gasteiger partial charge on any atom is 0.269 e. The second kappa shape index (κ2) is 6.79. The Hall–Kier alpha value is -1.77. The molecule has 1 aliphatic rings. The van der Waals surface area contributed by atoms with Crippen LogP contribution in [-0.2, 0) is 4.79 Å². The number of nitrogens with zero attached hydrogens (tertiary/aromatic N) is 3. The van der Waals surface area contributed by atoms with Crippen molar-refractivity contribution in [2.24, 2.45) is 5.10 Å². The van der Waals surface area contributed by atoms with Gasteiger partial charge in [0.2, 0.25) is 0 Å². The Morgan fingerprint density at radius 2 is 2.14 bits per heavy atom. The molecule has 1 amide bonds. The molecule has 1 aromatic carbocycles.